The number of hydrogen-bond acceptors (Lipinski definition) is 0. The lowest BCUT2D eigenvalue weighted by atomic mass is 9.92. The molecule has 58 valence electrons. The fourth-order valence-electron chi connectivity index (χ4n) is 1.49. The Balaban J connectivity index is 2.68. The van der Waals surface area contributed by atoms with Gasteiger partial charge in [-0.05, 0) is 57.8 Å². The van der Waals surface area contributed by atoms with E-state index in [1.165, 1.54) is 25.7 Å². The normalized spacial score (nSPS) is 20.4. The molecule has 0 radical (unpaired) electrons. The van der Waals surface area contributed by atoms with Crippen molar-refractivity contribution in [3.63, 3.8) is 0 Å². The van der Waals surface area contributed by atoms with Gasteiger partial charge in [-0.15, -0.1) is 0 Å². The highest BCUT2D eigenvalue weighted by atomic mass is 127. The topological polar surface area (TPSA) is 0 Å². The fourth-order valence-corrected chi connectivity index (χ4v) is 2.77. The number of hydrogen-bond donors (Lipinski definition) is 0. The summed E-state index contributed by atoms with van der Waals surface area (Å²) in [5, 5.41) is 0. The van der Waals surface area contributed by atoms with E-state index in [2.05, 4.69) is 36.4 Å². The molecule has 1 aliphatic carbocycles. The van der Waals surface area contributed by atoms with E-state index in [0.29, 0.717) is 0 Å². The van der Waals surface area contributed by atoms with Crippen molar-refractivity contribution < 1.29 is 0 Å². The third kappa shape index (κ3) is 1.97. The second-order valence-corrected chi connectivity index (χ2v) is 4.59. The van der Waals surface area contributed by atoms with E-state index in [9.17, 15) is 0 Å². The van der Waals surface area contributed by atoms with E-state index >= 15 is 0 Å². The summed E-state index contributed by atoms with van der Waals surface area (Å²) in [7, 11) is 0. The van der Waals surface area contributed by atoms with Crippen molar-refractivity contribution in [3.8, 4) is 0 Å². The predicted octanol–water partition coefficient (Wildman–Crippen LogP) is 3.91. The van der Waals surface area contributed by atoms with Gasteiger partial charge < -0.3 is 0 Å². The van der Waals surface area contributed by atoms with Crippen LogP contribution in [-0.2, 0) is 0 Å². The Labute approximate surface area is 77.2 Å². The predicted molar refractivity (Wildman–Crippen MR) is 54.4 cm³/mol. The summed E-state index contributed by atoms with van der Waals surface area (Å²) in [5.41, 5.74) is 1.71. The maximum atomic E-state index is 2.51. The molecule has 0 aromatic carbocycles. The Morgan fingerprint density at radius 1 is 1.20 bits per heavy atom. The SMILES string of the molecule is CC(C)C1=C(I)CCCC1. The minimum absolute atomic E-state index is 0.784. The zero-order chi connectivity index (χ0) is 7.56. The van der Waals surface area contributed by atoms with Gasteiger partial charge in [0.2, 0.25) is 0 Å². The number of halogens is 1. The summed E-state index contributed by atoms with van der Waals surface area (Å²) >= 11 is 2.51. The van der Waals surface area contributed by atoms with Gasteiger partial charge in [0.15, 0.2) is 0 Å². The van der Waals surface area contributed by atoms with Gasteiger partial charge in [-0.2, -0.15) is 0 Å². The highest BCUT2D eigenvalue weighted by Crippen LogP contribution is 2.33. The largest absolute Gasteiger partial charge is 0.0590 e. The molecule has 0 saturated carbocycles. The Bertz CT molecular complexity index is 145. The molecular weight excluding hydrogens is 235 g/mol. The molecule has 1 rings (SSSR count). The minimum atomic E-state index is 0.784. The molecule has 0 fully saturated rings. The van der Waals surface area contributed by atoms with Crippen molar-refractivity contribution in [1.29, 1.82) is 0 Å². The molecule has 0 aromatic heterocycles. The van der Waals surface area contributed by atoms with Crippen LogP contribution in [0.4, 0.5) is 0 Å². The van der Waals surface area contributed by atoms with Crippen LogP contribution in [-0.4, -0.2) is 0 Å². The van der Waals surface area contributed by atoms with Gasteiger partial charge in [-0.3, -0.25) is 0 Å². The first-order chi connectivity index (χ1) is 4.72. The third-order valence-corrected chi connectivity index (χ3v) is 3.37. The molecule has 0 N–H and O–H groups in total. The van der Waals surface area contributed by atoms with Gasteiger partial charge in [0, 0.05) is 0 Å². The quantitative estimate of drug-likeness (QED) is 0.619. The third-order valence-electron chi connectivity index (χ3n) is 2.14. The van der Waals surface area contributed by atoms with E-state index in [4.69, 9.17) is 0 Å². The Morgan fingerprint density at radius 3 is 2.20 bits per heavy atom. The summed E-state index contributed by atoms with van der Waals surface area (Å²) in [6, 6.07) is 0. The molecule has 0 amide bonds. The molecule has 0 spiro atoms. The van der Waals surface area contributed by atoms with Crippen LogP contribution in [0.25, 0.3) is 0 Å². The van der Waals surface area contributed by atoms with Gasteiger partial charge in [0.1, 0.15) is 0 Å². The smallest absolute Gasteiger partial charge is 0.00994 e. The summed E-state index contributed by atoms with van der Waals surface area (Å²) in [6.45, 7) is 4.61. The van der Waals surface area contributed by atoms with Crippen molar-refractivity contribution in [2.24, 2.45) is 5.92 Å². The molecule has 0 heterocycles. The molecule has 0 bridgehead atoms. The first kappa shape index (κ1) is 8.57. The fraction of sp³-hybridized carbons (Fsp3) is 0.778. The maximum Gasteiger partial charge on any atom is -0.00994 e. The molecule has 0 saturated heterocycles. The van der Waals surface area contributed by atoms with Crippen molar-refractivity contribution in [3.05, 3.63) is 9.15 Å². The second kappa shape index (κ2) is 3.74. The molecule has 0 aliphatic heterocycles. The zero-order valence-corrected chi connectivity index (χ0v) is 8.94. The first-order valence-electron chi connectivity index (χ1n) is 4.09. The molecule has 0 unspecified atom stereocenters. The van der Waals surface area contributed by atoms with Crippen LogP contribution >= 0.6 is 22.6 Å². The van der Waals surface area contributed by atoms with Crippen LogP contribution < -0.4 is 0 Å². The van der Waals surface area contributed by atoms with E-state index in [0.717, 1.165) is 5.92 Å². The summed E-state index contributed by atoms with van der Waals surface area (Å²) in [5.74, 6) is 0.784. The van der Waals surface area contributed by atoms with Gasteiger partial charge >= 0.3 is 0 Å². The van der Waals surface area contributed by atoms with Crippen molar-refractivity contribution >= 4 is 22.6 Å². The highest BCUT2D eigenvalue weighted by Gasteiger charge is 2.12. The molecule has 10 heavy (non-hydrogen) atoms. The second-order valence-electron chi connectivity index (χ2n) is 3.29. The van der Waals surface area contributed by atoms with Crippen molar-refractivity contribution in [2.75, 3.05) is 0 Å². The van der Waals surface area contributed by atoms with Gasteiger partial charge in [0.25, 0.3) is 0 Å². The van der Waals surface area contributed by atoms with Crippen LogP contribution in [0.2, 0.25) is 0 Å². The zero-order valence-electron chi connectivity index (χ0n) is 6.78. The van der Waals surface area contributed by atoms with Crippen LogP contribution in [0, 0.1) is 5.92 Å². The summed E-state index contributed by atoms with van der Waals surface area (Å²) in [4.78, 5) is 0. The van der Waals surface area contributed by atoms with Crippen LogP contribution in [0.1, 0.15) is 39.5 Å². The van der Waals surface area contributed by atoms with Gasteiger partial charge in [0.05, 0.1) is 0 Å². The molecule has 0 aromatic rings. The van der Waals surface area contributed by atoms with Crippen molar-refractivity contribution in [1.82, 2.24) is 0 Å². The molecule has 0 nitrogen and oxygen atoms in total. The number of rotatable bonds is 1. The summed E-state index contributed by atoms with van der Waals surface area (Å²) < 4.78 is 1.64. The van der Waals surface area contributed by atoms with Gasteiger partial charge in [-0.25, -0.2) is 0 Å². The molecule has 1 aliphatic rings. The van der Waals surface area contributed by atoms with Crippen LogP contribution in [0.15, 0.2) is 9.15 Å². The molecule has 0 atom stereocenters. The summed E-state index contributed by atoms with van der Waals surface area (Å²) in [6.07, 6.45) is 5.53. The van der Waals surface area contributed by atoms with Crippen LogP contribution in [0.5, 0.6) is 0 Å². The Hall–Kier alpha value is 0.470. The standard InChI is InChI=1S/C9H15I/c1-7(2)8-5-3-4-6-9(8)10/h7H,3-6H2,1-2H3. The van der Waals surface area contributed by atoms with E-state index < -0.39 is 0 Å². The van der Waals surface area contributed by atoms with Crippen LogP contribution in [0.3, 0.4) is 0 Å². The van der Waals surface area contributed by atoms with E-state index in [1.807, 2.05) is 0 Å². The average molecular weight is 250 g/mol. The van der Waals surface area contributed by atoms with E-state index in [-0.39, 0.29) is 0 Å². The Morgan fingerprint density at radius 2 is 1.80 bits per heavy atom. The first-order valence-corrected chi connectivity index (χ1v) is 5.17. The molecular formula is C9H15I. The van der Waals surface area contributed by atoms with Gasteiger partial charge in [-0.1, -0.05) is 19.4 Å². The van der Waals surface area contributed by atoms with Crippen molar-refractivity contribution in [2.45, 2.75) is 39.5 Å². The van der Waals surface area contributed by atoms with E-state index in [1.54, 1.807) is 9.15 Å². The Kier molecular flexibility index (Phi) is 3.21. The maximum absolute atomic E-state index is 2.51. The minimum Gasteiger partial charge on any atom is -0.0590 e. The highest BCUT2D eigenvalue weighted by molar-refractivity contribution is 14.1. The monoisotopic (exact) mass is 250 g/mol. The lowest BCUT2D eigenvalue weighted by Crippen LogP contribution is -2.01. The lowest BCUT2D eigenvalue weighted by Gasteiger charge is -2.19. The molecule has 1 heteroatoms. The number of allylic oxidation sites excluding steroid dienone is 2. The lowest BCUT2D eigenvalue weighted by molar-refractivity contribution is 0.618. The average Bonchev–Trinajstić information content (AvgIpc) is 1.88.